The smallest absolute Gasteiger partial charge is 0.243 e. The minimum absolute atomic E-state index is 0.0638. The molecule has 17 heavy (non-hydrogen) atoms. The first-order chi connectivity index (χ1) is 7.99. The lowest BCUT2D eigenvalue weighted by molar-refractivity contribution is 0.297. The van der Waals surface area contributed by atoms with Crippen LogP contribution in [-0.2, 0) is 10.0 Å². The van der Waals surface area contributed by atoms with Gasteiger partial charge in [0.1, 0.15) is 4.90 Å². The molecule has 96 valence electrons. The Labute approximate surface area is 101 Å². The van der Waals surface area contributed by atoms with Gasteiger partial charge in [-0.05, 0) is 26.7 Å². The molecule has 3 unspecified atom stereocenters. The second-order valence-corrected chi connectivity index (χ2v) is 6.31. The number of nitrogens with one attached hydrogen (secondary N) is 3. The molecule has 1 aromatic heterocycles. The summed E-state index contributed by atoms with van der Waals surface area (Å²) >= 11 is 0. The van der Waals surface area contributed by atoms with Gasteiger partial charge in [0.25, 0.3) is 0 Å². The van der Waals surface area contributed by atoms with Gasteiger partial charge in [-0.3, -0.25) is 5.10 Å². The van der Waals surface area contributed by atoms with Crippen LogP contribution in [0.2, 0.25) is 0 Å². The standard InChI is InChI=1S/C10H18N4O2S/c1-7-3-4-10(8(2)13-7)14-17(15,16)9-5-11-12-6-9/h5-8,10,13-14H,3-4H2,1-2H3,(H,11,12). The maximum atomic E-state index is 12.0. The van der Waals surface area contributed by atoms with Crippen molar-refractivity contribution in [2.24, 2.45) is 0 Å². The second kappa shape index (κ2) is 4.75. The molecule has 2 rings (SSSR count). The molecule has 1 saturated heterocycles. The molecule has 0 saturated carbocycles. The molecule has 1 aliphatic rings. The molecule has 1 aliphatic heterocycles. The Morgan fingerprint density at radius 1 is 1.41 bits per heavy atom. The zero-order valence-corrected chi connectivity index (χ0v) is 10.8. The zero-order chi connectivity index (χ0) is 12.5. The van der Waals surface area contributed by atoms with E-state index in [0.717, 1.165) is 12.8 Å². The van der Waals surface area contributed by atoms with Gasteiger partial charge in [-0.25, -0.2) is 13.1 Å². The van der Waals surface area contributed by atoms with Crippen molar-refractivity contribution in [3.63, 3.8) is 0 Å². The second-order valence-electron chi connectivity index (χ2n) is 4.60. The van der Waals surface area contributed by atoms with Crippen LogP contribution in [0.4, 0.5) is 0 Å². The minimum atomic E-state index is -3.45. The summed E-state index contributed by atoms with van der Waals surface area (Å²) in [5.41, 5.74) is 0. The highest BCUT2D eigenvalue weighted by Gasteiger charge is 2.29. The number of sulfonamides is 1. The quantitative estimate of drug-likeness (QED) is 0.723. The monoisotopic (exact) mass is 258 g/mol. The fourth-order valence-electron chi connectivity index (χ4n) is 2.14. The number of aromatic amines is 1. The van der Waals surface area contributed by atoms with Gasteiger partial charge in [-0.1, -0.05) is 0 Å². The number of aromatic nitrogens is 2. The Kier molecular flexibility index (Phi) is 3.50. The molecule has 1 aromatic rings. The molecule has 3 N–H and O–H groups in total. The van der Waals surface area contributed by atoms with Crippen molar-refractivity contribution in [1.82, 2.24) is 20.2 Å². The van der Waals surface area contributed by atoms with Crippen LogP contribution in [0.15, 0.2) is 17.3 Å². The maximum absolute atomic E-state index is 12.0. The number of H-pyrrole nitrogens is 1. The molecular weight excluding hydrogens is 240 g/mol. The summed E-state index contributed by atoms with van der Waals surface area (Å²) in [5, 5.41) is 9.51. The average Bonchev–Trinajstić information content (AvgIpc) is 2.76. The van der Waals surface area contributed by atoms with Crippen LogP contribution in [0, 0.1) is 0 Å². The van der Waals surface area contributed by atoms with Gasteiger partial charge < -0.3 is 5.32 Å². The van der Waals surface area contributed by atoms with Gasteiger partial charge in [0.05, 0.1) is 6.20 Å². The van der Waals surface area contributed by atoms with Gasteiger partial charge in [0.15, 0.2) is 0 Å². The largest absolute Gasteiger partial charge is 0.310 e. The zero-order valence-electron chi connectivity index (χ0n) is 9.97. The van der Waals surface area contributed by atoms with Crippen molar-refractivity contribution in [3.8, 4) is 0 Å². The van der Waals surface area contributed by atoms with E-state index in [2.05, 4.69) is 27.2 Å². The Hall–Kier alpha value is -0.920. The molecule has 6 nitrogen and oxygen atoms in total. The molecule has 3 atom stereocenters. The van der Waals surface area contributed by atoms with Crippen LogP contribution in [0.5, 0.6) is 0 Å². The molecule has 0 bridgehead atoms. The maximum Gasteiger partial charge on any atom is 0.243 e. The third-order valence-corrected chi connectivity index (χ3v) is 4.61. The number of hydrogen-bond acceptors (Lipinski definition) is 4. The molecule has 7 heteroatoms. The average molecular weight is 258 g/mol. The van der Waals surface area contributed by atoms with E-state index in [9.17, 15) is 8.42 Å². The summed E-state index contributed by atoms with van der Waals surface area (Å²) in [6.45, 7) is 4.11. The lowest BCUT2D eigenvalue weighted by Crippen LogP contribution is -2.54. The van der Waals surface area contributed by atoms with Crippen molar-refractivity contribution in [2.75, 3.05) is 0 Å². The highest BCUT2D eigenvalue weighted by Crippen LogP contribution is 2.16. The van der Waals surface area contributed by atoms with Crippen LogP contribution in [0.3, 0.4) is 0 Å². The third kappa shape index (κ3) is 2.85. The van der Waals surface area contributed by atoms with Gasteiger partial charge in [0, 0.05) is 24.3 Å². The highest BCUT2D eigenvalue weighted by atomic mass is 32.2. The van der Waals surface area contributed by atoms with Crippen LogP contribution < -0.4 is 10.0 Å². The summed E-state index contributed by atoms with van der Waals surface area (Å²) in [6.07, 6.45) is 4.52. The first-order valence-corrected chi connectivity index (χ1v) is 7.24. The summed E-state index contributed by atoms with van der Waals surface area (Å²) in [7, 11) is -3.45. The Balaban J connectivity index is 2.06. The minimum Gasteiger partial charge on any atom is -0.310 e. The highest BCUT2D eigenvalue weighted by molar-refractivity contribution is 7.89. The van der Waals surface area contributed by atoms with Gasteiger partial charge >= 0.3 is 0 Å². The molecule has 0 amide bonds. The number of hydrogen-bond donors (Lipinski definition) is 3. The van der Waals surface area contributed by atoms with E-state index >= 15 is 0 Å². The van der Waals surface area contributed by atoms with E-state index < -0.39 is 10.0 Å². The predicted molar refractivity (Wildman–Crippen MR) is 64.0 cm³/mol. The van der Waals surface area contributed by atoms with E-state index in [4.69, 9.17) is 0 Å². The molecule has 0 aromatic carbocycles. The van der Waals surface area contributed by atoms with E-state index in [1.54, 1.807) is 0 Å². The van der Waals surface area contributed by atoms with Crippen LogP contribution in [0.1, 0.15) is 26.7 Å². The fourth-order valence-corrected chi connectivity index (χ4v) is 3.40. The van der Waals surface area contributed by atoms with E-state index in [0.29, 0.717) is 6.04 Å². The Morgan fingerprint density at radius 2 is 2.18 bits per heavy atom. The van der Waals surface area contributed by atoms with Crippen molar-refractivity contribution < 1.29 is 8.42 Å². The van der Waals surface area contributed by atoms with E-state index in [1.807, 2.05) is 6.92 Å². The first kappa shape index (κ1) is 12.5. The topological polar surface area (TPSA) is 86.9 Å². The Bertz CT molecular complexity index is 457. The lowest BCUT2D eigenvalue weighted by atomic mass is 9.96. The normalized spacial score (nSPS) is 30.4. The summed E-state index contributed by atoms with van der Waals surface area (Å²) in [4.78, 5) is 0.184. The van der Waals surface area contributed by atoms with Crippen molar-refractivity contribution in [2.45, 2.75) is 49.7 Å². The van der Waals surface area contributed by atoms with Crippen molar-refractivity contribution in [3.05, 3.63) is 12.4 Å². The summed E-state index contributed by atoms with van der Waals surface area (Å²) in [6, 6.07) is 0.520. The van der Waals surface area contributed by atoms with Crippen molar-refractivity contribution in [1.29, 1.82) is 0 Å². The number of nitrogens with zero attached hydrogens (tertiary/aromatic N) is 1. The summed E-state index contributed by atoms with van der Waals surface area (Å²) in [5.74, 6) is 0. The molecule has 0 radical (unpaired) electrons. The van der Waals surface area contributed by atoms with Gasteiger partial charge in [0.2, 0.25) is 10.0 Å². The van der Waals surface area contributed by atoms with E-state index in [-0.39, 0.29) is 17.0 Å². The first-order valence-electron chi connectivity index (χ1n) is 5.76. The number of rotatable bonds is 3. The Morgan fingerprint density at radius 3 is 2.76 bits per heavy atom. The molecular formula is C10H18N4O2S. The third-order valence-electron chi connectivity index (χ3n) is 3.15. The molecule has 0 spiro atoms. The van der Waals surface area contributed by atoms with Crippen molar-refractivity contribution >= 4 is 10.0 Å². The predicted octanol–water partition coefficient (Wildman–Crippen LogP) is 0.217. The van der Waals surface area contributed by atoms with Gasteiger partial charge in [-0.15, -0.1) is 0 Å². The van der Waals surface area contributed by atoms with E-state index in [1.165, 1.54) is 12.4 Å². The fraction of sp³-hybridized carbons (Fsp3) is 0.700. The van der Waals surface area contributed by atoms with Crippen LogP contribution in [0.25, 0.3) is 0 Å². The SMILES string of the molecule is CC1CCC(NS(=O)(=O)c2cn[nH]c2)C(C)N1. The molecule has 0 aliphatic carbocycles. The summed E-state index contributed by atoms with van der Waals surface area (Å²) < 4.78 is 26.7. The van der Waals surface area contributed by atoms with Crippen LogP contribution in [-0.4, -0.2) is 36.7 Å². The molecule has 2 heterocycles. The lowest BCUT2D eigenvalue weighted by Gasteiger charge is -2.34. The molecule has 1 fully saturated rings. The van der Waals surface area contributed by atoms with Gasteiger partial charge in [-0.2, -0.15) is 5.10 Å². The van der Waals surface area contributed by atoms with Crippen LogP contribution >= 0.6 is 0 Å². The number of piperidine rings is 1.